The fraction of sp³-hybridized carbons (Fsp3) is 0.318. The number of carbonyl (C=O) groups is 3. The quantitative estimate of drug-likeness (QED) is 0.393. The summed E-state index contributed by atoms with van der Waals surface area (Å²) < 4.78 is 40.8. The lowest BCUT2D eigenvalue weighted by molar-refractivity contribution is -0.140. The minimum Gasteiger partial charge on any atom is -0.465 e. The Kier molecular flexibility index (Phi) is 5.85. The number of nitrogens with one attached hydrogen (secondary N) is 3. The molecule has 1 saturated heterocycles. The van der Waals surface area contributed by atoms with Crippen LogP contribution in [-0.2, 0) is 13.2 Å². The number of piperidine rings is 1. The highest BCUT2D eigenvalue weighted by molar-refractivity contribution is 6.34. The first-order valence-corrected chi connectivity index (χ1v) is 11.4. The summed E-state index contributed by atoms with van der Waals surface area (Å²) in [6.07, 6.45) is -3.46. The Bertz CT molecular complexity index is 1410. The summed E-state index contributed by atoms with van der Waals surface area (Å²) >= 11 is 6.27. The molecule has 3 amide bonds. The van der Waals surface area contributed by atoms with Gasteiger partial charge in [-0.05, 0) is 18.2 Å². The van der Waals surface area contributed by atoms with Crippen molar-refractivity contribution in [1.82, 2.24) is 30.0 Å². The molecular weight excluding hydrogens is 519 g/mol. The Morgan fingerprint density at radius 3 is 2.51 bits per heavy atom. The Morgan fingerprint density at radius 1 is 1.19 bits per heavy atom. The van der Waals surface area contributed by atoms with Gasteiger partial charge in [-0.1, -0.05) is 11.6 Å². The first kappa shape index (κ1) is 24.6. The molecule has 194 valence electrons. The smallest absolute Gasteiger partial charge is 0.435 e. The zero-order valence-corrected chi connectivity index (χ0v) is 19.8. The molecule has 0 bridgehead atoms. The van der Waals surface area contributed by atoms with Crippen LogP contribution in [0.5, 0.6) is 0 Å². The largest absolute Gasteiger partial charge is 0.465 e. The first-order valence-electron chi connectivity index (χ1n) is 11.0. The van der Waals surface area contributed by atoms with E-state index in [0.717, 1.165) is 12.4 Å². The fourth-order valence-electron chi connectivity index (χ4n) is 4.66. The van der Waals surface area contributed by atoms with Crippen molar-refractivity contribution in [2.75, 3.05) is 18.4 Å². The molecule has 37 heavy (non-hydrogen) atoms. The number of imidazole rings is 1. The van der Waals surface area contributed by atoms with Crippen molar-refractivity contribution in [3.63, 3.8) is 0 Å². The van der Waals surface area contributed by atoms with E-state index >= 15 is 0 Å². The summed E-state index contributed by atoms with van der Waals surface area (Å²) in [6, 6.07) is 4.14. The van der Waals surface area contributed by atoms with Gasteiger partial charge >= 0.3 is 12.3 Å². The number of benzene rings is 1. The Hall–Kier alpha value is -4.07. The second-order valence-corrected chi connectivity index (χ2v) is 9.24. The zero-order chi connectivity index (χ0) is 26.6. The van der Waals surface area contributed by atoms with Gasteiger partial charge in [0, 0.05) is 49.9 Å². The van der Waals surface area contributed by atoms with Crippen molar-refractivity contribution in [2.24, 2.45) is 18.9 Å². The highest BCUT2D eigenvalue weighted by atomic mass is 35.5. The summed E-state index contributed by atoms with van der Waals surface area (Å²) in [5, 5.41) is 20.0. The molecule has 0 spiro atoms. The molecule has 3 heterocycles. The third-order valence-electron chi connectivity index (χ3n) is 6.61. The van der Waals surface area contributed by atoms with Crippen LogP contribution < -0.4 is 10.6 Å². The number of rotatable bonds is 5. The number of halogens is 4. The number of aromatic amines is 1. The fourth-order valence-corrected chi connectivity index (χ4v) is 4.93. The lowest BCUT2D eigenvalue weighted by atomic mass is 10.2. The van der Waals surface area contributed by atoms with Crippen LogP contribution in [-0.4, -0.2) is 66.8 Å². The van der Waals surface area contributed by atoms with E-state index in [0.29, 0.717) is 13.1 Å². The summed E-state index contributed by atoms with van der Waals surface area (Å²) in [5.41, 5.74) is -0.922. The molecular formula is C22H19ClF3N7O4. The van der Waals surface area contributed by atoms with Crippen LogP contribution in [0.1, 0.15) is 26.7 Å². The maximum absolute atomic E-state index is 13.2. The van der Waals surface area contributed by atoms with Crippen LogP contribution in [0.3, 0.4) is 0 Å². The number of nitrogens with zero attached hydrogens (tertiary/aromatic N) is 4. The van der Waals surface area contributed by atoms with Gasteiger partial charge in [0.05, 0.1) is 28.0 Å². The standard InChI is InChI=1S/C22H19ClF3N7O4/c1-32-15(11-5-28-31-17(11)22(24,25)26)6-27-18(32)20(35)29-9-2-3-10(14(23)4-9)19(34)30-16-12-7-33(21(36)37)8-13(12)16/h2-6,12-13,16H,7-8H2,1H3,(H,28,31)(H,29,35)(H,30,34)(H,36,37)/t12-,13+,16+. The zero-order valence-electron chi connectivity index (χ0n) is 19.0. The van der Waals surface area contributed by atoms with Gasteiger partial charge in [-0.15, -0.1) is 0 Å². The van der Waals surface area contributed by atoms with Crippen LogP contribution in [0.2, 0.25) is 5.02 Å². The molecule has 1 saturated carbocycles. The minimum absolute atomic E-state index is 0.0348. The van der Waals surface area contributed by atoms with Crippen LogP contribution >= 0.6 is 11.6 Å². The summed E-state index contributed by atoms with van der Waals surface area (Å²) in [6.45, 7) is 0.743. The summed E-state index contributed by atoms with van der Waals surface area (Å²) in [4.78, 5) is 41.7. The number of alkyl halides is 3. The van der Waals surface area contributed by atoms with Gasteiger partial charge in [-0.2, -0.15) is 18.3 Å². The van der Waals surface area contributed by atoms with E-state index in [1.807, 2.05) is 0 Å². The van der Waals surface area contributed by atoms with Gasteiger partial charge < -0.3 is 25.2 Å². The van der Waals surface area contributed by atoms with Crippen molar-refractivity contribution in [1.29, 1.82) is 0 Å². The Balaban J connectivity index is 1.25. The molecule has 0 radical (unpaired) electrons. The van der Waals surface area contributed by atoms with Crippen LogP contribution in [0, 0.1) is 11.8 Å². The SMILES string of the molecule is Cn1c(-c2c[nH]nc2C(F)(F)F)cnc1C(=O)Nc1ccc(C(=O)N[C@H]2[C@@H]3CN(C(=O)O)C[C@@H]32)c(Cl)c1. The van der Waals surface area contributed by atoms with Gasteiger partial charge in [-0.25, -0.2) is 9.78 Å². The van der Waals surface area contributed by atoms with Crippen molar-refractivity contribution in [2.45, 2.75) is 12.2 Å². The minimum atomic E-state index is -4.69. The predicted octanol–water partition coefficient (Wildman–Crippen LogP) is 3.07. The van der Waals surface area contributed by atoms with Crippen molar-refractivity contribution in [3.8, 4) is 11.3 Å². The Labute approximate surface area is 211 Å². The first-order chi connectivity index (χ1) is 17.5. The normalized spacial score (nSPS) is 20.5. The van der Waals surface area contributed by atoms with Crippen LogP contribution in [0.25, 0.3) is 11.3 Å². The number of anilines is 1. The lowest BCUT2D eigenvalue weighted by Gasteiger charge is -2.16. The van der Waals surface area contributed by atoms with E-state index < -0.39 is 29.8 Å². The van der Waals surface area contributed by atoms with Crippen molar-refractivity contribution >= 4 is 35.2 Å². The lowest BCUT2D eigenvalue weighted by Crippen LogP contribution is -2.36. The third-order valence-corrected chi connectivity index (χ3v) is 6.92. The summed E-state index contributed by atoms with van der Waals surface area (Å²) in [5.74, 6) is -1.12. The number of hydrogen-bond donors (Lipinski definition) is 4. The molecule has 1 aliphatic carbocycles. The molecule has 2 aromatic heterocycles. The topological polar surface area (TPSA) is 145 Å². The third kappa shape index (κ3) is 4.48. The molecule has 2 fully saturated rings. The van der Waals surface area contributed by atoms with Gasteiger partial charge in [0.15, 0.2) is 11.5 Å². The van der Waals surface area contributed by atoms with E-state index in [1.165, 1.54) is 34.7 Å². The maximum atomic E-state index is 13.2. The second kappa shape index (κ2) is 8.80. The molecule has 3 atom stereocenters. The predicted molar refractivity (Wildman–Crippen MR) is 123 cm³/mol. The highest BCUT2D eigenvalue weighted by Crippen LogP contribution is 2.45. The molecule has 2 aliphatic rings. The molecule has 3 aromatic rings. The number of likely N-dealkylation sites (tertiary alicyclic amines) is 1. The maximum Gasteiger partial charge on any atom is 0.435 e. The van der Waals surface area contributed by atoms with Gasteiger partial charge in [-0.3, -0.25) is 14.7 Å². The van der Waals surface area contributed by atoms with E-state index in [9.17, 15) is 27.6 Å². The van der Waals surface area contributed by atoms with E-state index in [2.05, 4.69) is 25.8 Å². The van der Waals surface area contributed by atoms with E-state index in [-0.39, 0.29) is 51.2 Å². The van der Waals surface area contributed by atoms with Crippen LogP contribution in [0.4, 0.5) is 23.7 Å². The number of amides is 3. The number of carboxylic acid groups (broad SMARTS) is 1. The van der Waals surface area contributed by atoms with E-state index in [1.54, 1.807) is 0 Å². The molecule has 11 nitrogen and oxygen atoms in total. The van der Waals surface area contributed by atoms with Gasteiger partial charge in [0.2, 0.25) is 0 Å². The number of aromatic nitrogens is 4. The number of hydrogen-bond acceptors (Lipinski definition) is 5. The molecule has 15 heteroatoms. The van der Waals surface area contributed by atoms with Crippen LogP contribution in [0.15, 0.2) is 30.6 Å². The molecule has 1 aromatic carbocycles. The van der Waals surface area contributed by atoms with E-state index in [4.69, 9.17) is 16.7 Å². The van der Waals surface area contributed by atoms with Gasteiger partial charge in [0.1, 0.15) is 0 Å². The second-order valence-electron chi connectivity index (χ2n) is 8.83. The van der Waals surface area contributed by atoms with Crippen molar-refractivity contribution < 1.29 is 32.7 Å². The Morgan fingerprint density at radius 2 is 1.89 bits per heavy atom. The average molecular weight is 538 g/mol. The molecule has 0 unspecified atom stereocenters. The number of H-pyrrole nitrogens is 1. The van der Waals surface area contributed by atoms with Gasteiger partial charge in [0.25, 0.3) is 11.8 Å². The highest BCUT2D eigenvalue weighted by Gasteiger charge is 2.57. The monoisotopic (exact) mass is 537 g/mol. The molecule has 5 rings (SSSR count). The number of fused-ring (bicyclic) bond motifs is 1. The molecule has 1 aliphatic heterocycles. The number of carbonyl (C=O) groups excluding carboxylic acids is 2. The average Bonchev–Trinajstić information content (AvgIpc) is 3.28. The molecule has 4 N–H and O–H groups in total. The van der Waals surface area contributed by atoms with Crippen molar-refractivity contribution in [3.05, 3.63) is 52.7 Å². The summed E-state index contributed by atoms with van der Waals surface area (Å²) in [7, 11) is 1.40.